The van der Waals surface area contributed by atoms with Gasteiger partial charge < -0.3 is 19.5 Å². The van der Waals surface area contributed by atoms with Crippen LogP contribution < -0.4 is 9.47 Å². The maximum Gasteiger partial charge on any atom is 0.407 e. The summed E-state index contributed by atoms with van der Waals surface area (Å²) in [7, 11) is 1.64. The summed E-state index contributed by atoms with van der Waals surface area (Å²) in [6.45, 7) is 0. The molecule has 1 aromatic heterocycles. The molecule has 2 saturated heterocycles. The van der Waals surface area contributed by atoms with Crippen LogP contribution in [-0.4, -0.2) is 51.4 Å². The number of hydrogen-bond donors (Lipinski definition) is 1. The highest BCUT2D eigenvalue weighted by Gasteiger charge is 2.44. The first-order valence-electron chi connectivity index (χ1n) is 8.78. The van der Waals surface area contributed by atoms with Gasteiger partial charge in [0.25, 0.3) is 0 Å². The topological polar surface area (TPSA) is 84.8 Å². The van der Waals surface area contributed by atoms with Crippen molar-refractivity contribution in [2.24, 2.45) is 0 Å². The molecule has 3 atom stereocenters. The minimum atomic E-state index is -0.823. The zero-order chi connectivity index (χ0) is 18.1. The molecule has 3 heterocycles. The Bertz CT molecular complexity index is 764. The van der Waals surface area contributed by atoms with Gasteiger partial charge in [0.15, 0.2) is 0 Å². The third-order valence-corrected chi connectivity index (χ3v) is 5.23. The van der Waals surface area contributed by atoms with Crippen LogP contribution in [0.25, 0.3) is 11.1 Å². The minimum absolute atomic E-state index is 0.0325. The first-order chi connectivity index (χ1) is 12.6. The summed E-state index contributed by atoms with van der Waals surface area (Å²) in [6, 6.07) is 8.15. The lowest BCUT2D eigenvalue weighted by molar-refractivity contribution is 0.0455. The number of methoxy groups -OCH3 is 1. The van der Waals surface area contributed by atoms with E-state index in [4.69, 9.17) is 9.47 Å². The lowest BCUT2D eigenvalue weighted by atomic mass is 10.0. The summed E-state index contributed by atoms with van der Waals surface area (Å²) in [5, 5.41) is 9.32. The Morgan fingerprint density at radius 2 is 1.69 bits per heavy atom. The highest BCUT2D eigenvalue weighted by atomic mass is 16.5. The van der Waals surface area contributed by atoms with Crippen molar-refractivity contribution in [1.82, 2.24) is 14.9 Å². The molecule has 2 aliphatic heterocycles. The fourth-order valence-corrected chi connectivity index (χ4v) is 3.99. The zero-order valence-electron chi connectivity index (χ0n) is 14.5. The van der Waals surface area contributed by atoms with Crippen LogP contribution in [0.4, 0.5) is 4.79 Å². The number of ether oxygens (including phenoxy) is 2. The Hall–Kier alpha value is -2.83. The lowest BCUT2D eigenvalue weighted by Crippen LogP contribution is -2.48. The Kier molecular flexibility index (Phi) is 4.36. The van der Waals surface area contributed by atoms with E-state index in [1.165, 1.54) is 0 Å². The van der Waals surface area contributed by atoms with E-state index in [1.807, 2.05) is 24.3 Å². The van der Waals surface area contributed by atoms with Crippen molar-refractivity contribution in [2.45, 2.75) is 43.9 Å². The number of carboxylic acid groups (broad SMARTS) is 1. The Labute approximate surface area is 151 Å². The molecule has 136 valence electrons. The zero-order valence-corrected chi connectivity index (χ0v) is 14.5. The molecule has 1 aromatic carbocycles. The van der Waals surface area contributed by atoms with Crippen LogP contribution in [0.1, 0.15) is 25.7 Å². The van der Waals surface area contributed by atoms with Crippen LogP contribution in [0.5, 0.6) is 11.8 Å². The summed E-state index contributed by atoms with van der Waals surface area (Å²) < 4.78 is 11.1. The average Bonchev–Trinajstić information content (AvgIpc) is 2.94. The van der Waals surface area contributed by atoms with Crippen molar-refractivity contribution >= 4 is 6.09 Å². The smallest absolute Gasteiger partial charge is 0.407 e. The maximum atomic E-state index is 11.3. The van der Waals surface area contributed by atoms with Crippen molar-refractivity contribution in [1.29, 1.82) is 0 Å². The quantitative estimate of drug-likeness (QED) is 0.906. The monoisotopic (exact) mass is 355 g/mol. The van der Waals surface area contributed by atoms with Crippen molar-refractivity contribution in [3.63, 3.8) is 0 Å². The fourth-order valence-electron chi connectivity index (χ4n) is 3.99. The molecule has 2 aromatic rings. The van der Waals surface area contributed by atoms with Gasteiger partial charge in [-0.25, -0.2) is 14.8 Å². The summed E-state index contributed by atoms with van der Waals surface area (Å²) in [4.78, 5) is 21.6. The minimum Gasteiger partial charge on any atom is -0.497 e. The van der Waals surface area contributed by atoms with Crippen molar-refractivity contribution in [3.8, 4) is 22.9 Å². The first-order valence-corrected chi connectivity index (χ1v) is 8.78. The number of carbonyl (C=O) groups is 1. The molecule has 0 unspecified atom stereocenters. The van der Waals surface area contributed by atoms with E-state index in [9.17, 15) is 9.90 Å². The molecule has 0 radical (unpaired) electrons. The largest absolute Gasteiger partial charge is 0.497 e. The number of benzene rings is 1. The van der Waals surface area contributed by atoms with E-state index in [2.05, 4.69) is 9.97 Å². The summed E-state index contributed by atoms with van der Waals surface area (Å²) in [5.74, 6) is 0.803. The van der Waals surface area contributed by atoms with Crippen LogP contribution in [0.15, 0.2) is 36.7 Å². The van der Waals surface area contributed by atoms with Gasteiger partial charge >= 0.3 is 12.1 Å². The van der Waals surface area contributed by atoms with Crippen LogP contribution in [0, 0.1) is 0 Å². The molecule has 26 heavy (non-hydrogen) atoms. The fraction of sp³-hybridized carbons (Fsp3) is 0.421. The van der Waals surface area contributed by atoms with Gasteiger partial charge in [-0.3, -0.25) is 0 Å². The van der Waals surface area contributed by atoms with Crippen LogP contribution in [0.2, 0.25) is 0 Å². The second kappa shape index (κ2) is 6.82. The van der Waals surface area contributed by atoms with Gasteiger partial charge in [-0.15, -0.1) is 0 Å². The molecule has 4 rings (SSSR count). The number of piperidine rings is 1. The lowest BCUT2D eigenvalue weighted by Gasteiger charge is -2.36. The molecule has 0 saturated carbocycles. The third kappa shape index (κ3) is 3.16. The highest BCUT2D eigenvalue weighted by Crippen LogP contribution is 2.37. The molecule has 0 aliphatic carbocycles. The Balaban J connectivity index is 1.41. The molecule has 1 amide bonds. The van der Waals surface area contributed by atoms with E-state index >= 15 is 0 Å². The normalized spacial score (nSPS) is 24.3. The third-order valence-electron chi connectivity index (χ3n) is 5.23. The van der Waals surface area contributed by atoms with E-state index in [0.717, 1.165) is 29.7 Å². The number of hydrogen-bond acceptors (Lipinski definition) is 5. The molecule has 0 spiro atoms. The number of rotatable bonds is 4. The number of aromatic nitrogens is 2. The van der Waals surface area contributed by atoms with E-state index < -0.39 is 6.09 Å². The standard InChI is InChI=1S/C19H21N3O4/c1-25-16-6-2-12(3-7-16)13-10-20-18(21-11-13)26-17-8-14-4-5-15(9-17)22(14)19(23)24/h2-3,6-7,10-11,14-15,17H,4-5,8-9H2,1H3,(H,23,24)/t14-,15+,17-. The molecule has 2 bridgehead atoms. The molecule has 7 nitrogen and oxygen atoms in total. The van der Waals surface area contributed by atoms with E-state index in [1.54, 1.807) is 24.4 Å². The SMILES string of the molecule is COc1ccc(-c2cnc(O[C@@H]3C[C@H]4CC[C@@H](C3)N4C(=O)O)nc2)cc1. The predicted octanol–water partition coefficient (Wildman–Crippen LogP) is 3.20. The van der Waals surface area contributed by atoms with E-state index in [-0.39, 0.29) is 18.2 Å². The predicted molar refractivity (Wildman–Crippen MR) is 94.3 cm³/mol. The summed E-state index contributed by atoms with van der Waals surface area (Å²) in [6.07, 6.45) is 5.85. The molecule has 7 heteroatoms. The van der Waals surface area contributed by atoms with Gasteiger partial charge in [-0.2, -0.15) is 0 Å². The molecule has 2 aliphatic rings. The Morgan fingerprint density at radius 3 is 2.23 bits per heavy atom. The number of nitrogens with zero attached hydrogens (tertiary/aromatic N) is 3. The highest BCUT2D eigenvalue weighted by molar-refractivity contribution is 5.66. The van der Waals surface area contributed by atoms with Crippen LogP contribution in [-0.2, 0) is 0 Å². The van der Waals surface area contributed by atoms with Crippen LogP contribution >= 0.6 is 0 Å². The van der Waals surface area contributed by atoms with Gasteiger partial charge in [0.05, 0.1) is 7.11 Å². The second-order valence-electron chi connectivity index (χ2n) is 6.77. The van der Waals surface area contributed by atoms with Crippen molar-refractivity contribution in [3.05, 3.63) is 36.7 Å². The van der Waals surface area contributed by atoms with E-state index in [0.29, 0.717) is 18.9 Å². The second-order valence-corrected chi connectivity index (χ2v) is 6.77. The van der Waals surface area contributed by atoms with Gasteiger partial charge in [0, 0.05) is 42.9 Å². The van der Waals surface area contributed by atoms with Gasteiger partial charge in [0.1, 0.15) is 11.9 Å². The van der Waals surface area contributed by atoms with Gasteiger partial charge in [0.2, 0.25) is 0 Å². The number of fused-ring (bicyclic) bond motifs is 2. The molecule has 1 N–H and O–H groups in total. The Morgan fingerprint density at radius 1 is 1.08 bits per heavy atom. The van der Waals surface area contributed by atoms with Crippen molar-refractivity contribution in [2.75, 3.05) is 7.11 Å². The first kappa shape index (κ1) is 16.6. The molecular formula is C19H21N3O4. The summed E-state index contributed by atoms with van der Waals surface area (Å²) >= 11 is 0. The molecular weight excluding hydrogens is 334 g/mol. The average molecular weight is 355 g/mol. The molecule has 2 fully saturated rings. The van der Waals surface area contributed by atoms with Gasteiger partial charge in [-0.05, 0) is 30.5 Å². The summed E-state index contributed by atoms with van der Waals surface area (Å²) in [5.41, 5.74) is 1.91. The van der Waals surface area contributed by atoms with Gasteiger partial charge in [-0.1, -0.05) is 12.1 Å². The van der Waals surface area contributed by atoms with Crippen molar-refractivity contribution < 1.29 is 19.4 Å². The maximum absolute atomic E-state index is 11.3. The van der Waals surface area contributed by atoms with Crippen LogP contribution in [0.3, 0.4) is 0 Å². The number of amides is 1.